The van der Waals surface area contributed by atoms with E-state index in [9.17, 15) is 9.90 Å². The third kappa shape index (κ3) is 10.00. The van der Waals surface area contributed by atoms with Crippen LogP contribution in [0.1, 0.15) is 98.3 Å². The van der Waals surface area contributed by atoms with Crippen molar-refractivity contribution in [2.75, 3.05) is 7.11 Å². The highest BCUT2D eigenvalue weighted by Gasteiger charge is 2.37. The first-order valence-corrected chi connectivity index (χ1v) is 15.0. The van der Waals surface area contributed by atoms with Gasteiger partial charge in [0.25, 0.3) is 0 Å². The predicted molar refractivity (Wildman–Crippen MR) is 128 cm³/mol. The number of aliphatic hydroxyl groups is 1. The van der Waals surface area contributed by atoms with Gasteiger partial charge in [-0.3, -0.25) is 4.79 Å². The van der Waals surface area contributed by atoms with Crippen molar-refractivity contribution in [2.24, 2.45) is 17.3 Å². The van der Waals surface area contributed by atoms with Crippen molar-refractivity contribution in [3.8, 4) is 0 Å². The monoisotopic (exact) mass is 440 g/mol. The van der Waals surface area contributed by atoms with Gasteiger partial charge in [0.15, 0.2) is 0 Å². The van der Waals surface area contributed by atoms with E-state index in [0.717, 1.165) is 31.4 Å². The van der Waals surface area contributed by atoms with Crippen LogP contribution in [0.4, 0.5) is 0 Å². The number of hydrogen-bond donors (Lipinski definition) is 1. The second-order valence-corrected chi connectivity index (χ2v) is 13.0. The molecule has 5 heteroatoms. The molecule has 176 valence electrons. The maximum absolute atomic E-state index is 11.4. The van der Waals surface area contributed by atoms with Crippen LogP contribution in [0, 0.1) is 17.3 Å². The molecule has 0 aliphatic heterocycles. The normalized spacial score (nSPS) is 24.0. The van der Waals surface area contributed by atoms with Crippen LogP contribution < -0.4 is 0 Å². The van der Waals surface area contributed by atoms with Gasteiger partial charge < -0.3 is 14.3 Å². The van der Waals surface area contributed by atoms with Gasteiger partial charge in [-0.2, -0.15) is 0 Å². The van der Waals surface area contributed by atoms with Crippen molar-refractivity contribution < 1.29 is 19.1 Å². The summed E-state index contributed by atoms with van der Waals surface area (Å²) in [6, 6.07) is 0. The zero-order chi connectivity index (χ0) is 22.8. The molecule has 1 aliphatic rings. The van der Waals surface area contributed by atoms with E-state index in [1.165, 1.54) is 32.8 Å². The summed E-state index contributed by atoms with van der Waals surface area (Å²) in [7, 11) is 0.181. The average Bonchev–Trinajstić information content (AvgIpc) is 2.65. The Morgan fingerprint density at radius 1 is 1.27 bits per heavy atom. The van der Waals surface area contributed by atoms with Gasteiger partial charge in [0, 0.05) is 12.3 Å². The second kappa shape index (κ2) is 12.9. The first-order chi connectivity index (χ1) is 14.0. The molecular formula is C25H48O4Si. The summed E-state index contributed by atoms with van der Waals surface area (Å²) in [6.45, 7) is 13.7. The number of carbonyl (C=O) groups excluding carboxylic acids is 1. The molecule has 0 amide bonds. The summed E-state index contributed by atoms with van der Waals surface area (Å²) < 4.78 is 11.2. The molecule has 0 spiro atoms. The Hall–Kier alpha value is -0.813. The lowest BCUT2D eigenvalue weighted by molar-refractivity contribution is -0.141. The first kappa shape index (κ1) is 27.2. The van der Waals surface area contributed by atoms with E-state index in [1.807, 2.05) is 0 Å². The van der Waals surface area contributed by atoms with E-state index in [0.29, 0.717) is 25.2 Å². The van der Waals surface area contributed by atoms with Gasteiger partial charge in [-0.25, -0.2) is 0 Å². The van der Waals surface area contributed by atoms with Crippen LogP contribution in [0.15, 0.2) is 11.8 Å². The Morgan fingerprint density at radius 2 is 1.97 bits per heavy atom. The summed E-state index contributed by atoms with van der Waals surface area (Å²) in [6.07, 6.45) is 12.8. The molecule has 0 heterocycles. The molecule has 0 radical (unpaired) electrons. The minimum absolute atomic E-state index is 0.194. The number of hydrogen-bond acceptors (Lipinski definition) is 4. The summed E-state index contributed by atoms with van der Waals surface area (Å²) in [5, 5.41) is 11.3. The fourth-order valence-electron chi connectivity index (χ4n) is 4.60. The Kier molecular flexibility index (Phi) is 11.7. The van der Waals surface area contributed by atoms with Crippen LogP contribution >= 0.6 is 0 Å². The summed E-state index contributed by atoms with van der Waals surface area (Å²) in [4.78, 5) is 11.4. The average molecular weight is 441 g/mol. The Balaban J connectivity index is 2.96. The molecule has 1 saturated carbocycles. The zero-order valence-corrected chi connectivity index (χ0v) is 21.9. The molecule has 3 unspecified atom stereocenters. The van der Waals surface area contributed by atoms with Crippen LogP contribution in [-0.2, 0) is 14.0 Å². The van der Waals surface area contributed by atoms with E-state index >= 15 is 0 Å². The highest BCUT2D eigenvalue weighted by atomic mass is 28.3. The third-order valence-electron chi connectivity index (χ3n) is 6.44. The smallest absolute Gasteiger partial charge is 0.305 e. The number of methoxy groups -OCH3 is 1. The van der Waals surface area contributed by atoms with Crippen molar-refractivity contribution in [1.29, 1.82) is 0 Å². The molecule has 0 aromatic carbocycles. The fraction of sp³-hybridized carbons (Fsp3) is 0.880. The SMILES string of the molecule is CCCCCC(/C=C(/O[SiH](C)C)C1CCCC(O)(CCCC(=O)OC)C1)C(C)(C)C. The molecule has 30 heavy (non-hydrogen) atoms. The molecule has 0 bridgehead atoms. The number of rotatable bonds is 12. The summed E-state index contributed by atoms with van der Waals surface area (Å²) in [5.74, 6) is 1.72. The van der Waals surface area contributed by atoms with E-state index < -0.39 is 14.6 Å². The number of esters is 1. The number of ether oxygens (including phenoxy) is 1. The van der Waals surface area contributed by atoms with Gasteiger partial charge in [0.2, 0.25) is 9.04 Å². The van der Waals surface area contributed by atoms with Crippen molar-refractivity contribution >= 4 is 15.0 Å². The number of allylic oxidation sites excluding steroid dienone is 2. The first-order valence-electron chi connectivity index (χ1n) is 12.2. The van der Waals surface area contributed by atoms with Gasteiger partial charge in [0.05, 0.1) is 18.5 Å². The van der Waals surface area contributed by atoms with Crippen LogP contribution in [0.2, 0.25) is 13.1 Å². The summed E-state index contributed by atoms with van der Waals surface area (Å²) >= 11 is 0. The quantitative estimate of drug-likeness (QED) is 0.166. The minimum atomic E-state index is -1.24. The Labute approximate surface area is 187 Å². The Morgan fingerprint density at radius 3 is 2.53 bits per heavy atom. The Bertz CT molecular complexity index is 538. The van der Waals surface area contributed by atoms with E-state index in [-0.39, 0.29) is 17.3 Å². The van der Waals surface area contributed by atoms with Crippen LogP contribution in [0.5, 0.6) is 0 Å². The molecule has 0 saturated heterocycles. The van der Waals surface area contributed by atoms with Crippen LogP contribution in [0.25, 0.3) is 0 Å². The van der Waals surface area contributed by atoms with Gasteiger partial charge in [-0.15, -0.1) is 0 Å². The molecule has 1 rings (SSSR count). The standard InChI is InChI=1S/C25H48O4Si/c1-8-9-10-14-21(24(2,3)4)18-22(29-30(6)7)20-13-11-16-25(27,19-20)17-12-15-23(26)28-5/h18,20-21,27,30H,8-17,19H2,1-7H3/b22-18+. The molecule has 1 fully saturated rings. The second-order valence-electron chi connectivity index (χ2n) is 10.7. The molecule has 3 atom stereocenters. The molecule has 1 N–H and O–H groups in total. The minimum Gasteiger partial charge on any atom is -0.550 e. The van der Waals surface area contributed by atoms with Crippen molar-refractivity contribution in [3.05, 3.63) is 11.8 Å². The van der Waals surface area contributed by atoms with Crippen LogP contribution in [-0.4, -0.2) is 32.8 Å². The van der Waals surface area contributed by atoms with E-state index in [4.69, 9.17) is 9.16 Å². The van der Waals surface area contributed by atoms with Crippen LogP contribution in [0.3, 0.4) is 0 Å². The highest BCUT2D eigenvalue weighted by Crippen LogP contribution is 2.41. The highest BCUT2D eigenvalue weighted by molar-refractivity contribution is 6.48. The maximum atomic E-state index is 11.4. The van der Waals surface area contributed by atoms with Crippen molar-refractivity contribution in [1.82, 2.24) is 0 Å². The topological polar surface area (TPSA) is 55.8 Å². The maximum Gasteiger partial charge on any atom is 0.305 e. The van der Waals surface area contributed by atoms with Gasteiger partial charge >= 0.3 is 5.97 Å². The molecular weight excluding hydrogens is 392 g/mol. The van der Waals surface area contributed by atoms with Gasteiger partial charge in [-0.1, -0.05) is 47.0 Å². The lowest BCUT2D eigenvalue weighted by Crippen LogP contribution is -2.37. The predicted octanol–water partition coefficient (Wildman–Crippen LogP) is 6.38. The molecule has 1 aliphatic carbocycles. The molecule has 0 aromatic rings. The third-order valence-corrected chi connectivity index (χ3v) is 7.19. The lowest BCUT2D eigenvalue weighted by atomic mass is 9.73. The fourth-order valence-corrected chi connectivity index (χ4v) is 5.41. The number of unbranched alkanes of at least 4 members (excludes halogenated alkanes) is 2. The summed E-state index contributed by atoms with van der Waals surface area (Å²) in [5.41, 5.74) is -0.496. The van der Waals surface area contributed by atoms with Crippen molar-refractivity contribution in [3.63, 3.8) is 0 Å². The largest absolute Gasteiger partial charge is 0.550 e. The molecule has 4 nitrogen and oxygen atoms in total. The van der Waals surface area contributed by atoms with Gasteiger partial charge in [-0.05, 0) is 75.4 Å². The number of carbonyl (C=O) groups is 1. The van der Waals surface area contributed by atoms with E-state index in [1.54, 1.807) is 0 Å². The zero-order valence-electron chi connectivity index (χ0n) is 20.8. The van der Waals surface area contributed by atoms with Gasteiger partial charge in [0.1, 0.15) is 0 Å². The molecule has 0 aromatic heterocycles. The van der Waals surface area contributed by atoms with Crippen molar-refractivity contribution in [2.45, 2.75) is 117 Å². The van der Waals surface area contributed by atoms with E-state index in [2.05, 4.69) is 46.9 Å². The lowest BCUT2D eigenvalue weighted by Gasteiger charge is -2.39.